The van der Waals surface area contributed by atoms with Crippen LogP contribution in [-0.4, -0.2) is 17.4 Å². The fraction of sp³-hybridized carbons (Fsp3) is 0.857. The van der Waals surface area contributed by atoms with Gasteiger partial charge in [0.25, 0.3) is 0 Å². The van der Waals surface area contributed by atoms with E-state index in [0.29, 0.717) is 0 Å². The lowest BCUT2D eigenvalue weighted by Gasteiger charge is -2.22. The number of esters is 1. The van der Waals surface area contributed by atoms with Crippen LogP contribution in [0.1, 0.15) is 65.7 Å². The standard InChI is InChI=1S/C14H24O3/c1-14(2,3)17-13(16)12(15)11-9-7-5-4-6-8-10-11/h11H,4-10H2,1-3H3. The van der Waals surface area contributed by atoms with Crippen molar-refractivity contribution in [3.8, 4) is 0 Å². The molecule has 1 saturated carbocycles. The summed E-state index contributed by atoms with van der Waals surface area (Å²) in [5.41, 5.74) is -0.575. The number of carbonyl (C=O) groups excluding carboxylic acids is 2. The highest BCUT2D eigenvalue weighted by atomic mass is 16.6. The molecular formula is C14H24O3. The molecule has 17 heavy (non-hydrogen) atoms. The summed E-state index contributed by atoms with van der Waals surface area (Å²) in [5, 5.41) is 0. The third-order valence-electron chi connectivity index (χ3n) is 3.08. The van der Waals surface area contributed by atoms with Gasteiger partial charge >= 0.3 is 5.97 Å². The third kappa shape index (κ3) is 5.33. The smallest absolute Gasteiger partial charge is 0.375 e. The largest absolute Gasteiger partial charge is 0.454 e. The summed E-state index contributed by atoms with van der Waals surface area (Å²) >= 11 is 0. The molecule has 1 fully saturated rings. The molecule has 0 atom stereocenters. The zero-order valence-corrected chi connectivity index (χ0v) is 11.3. The van der Waals surface area contributed by atoms with Crippen molar-refractivity contribution in [2.24, 2.45) is 5.92 Å². The lowest BCUT2D eigenvalue weighted by Crippen LogP contribution is -2.33. The minimum atomic E-state index is -0.650. The van der Waals surface area contributed by atoms with Gasteiger partial charge in [-0.15, -0.1) is 0 Å². The highest BCUT2D eigenvalue weighted by Gasteiger charge is 2.29. The SMILES string of the molecule is CC(C)(C)OC(=O)C(=O)C1CCCCCCC1. The van der Waals surface area contributed by atoms with Crippen molar-refractivity contribution in [1.82, 2.24) is 0 Å². The molecule has 0 heterocycles. The summed E-state index contributed by atoms with van der Waals surface area (Å²) in [6, 6.07) is 0. The first-order chi connectivity index (χ1) is 7.90. The van der Waals surface area contributed by atoms with E-state index in [4.69, 9.17) is 4.74 Å². The second-order valence-electron chi connectivity index (χ2n) is 5.91. The van der Waals surface area contributed by atoms with Gasteiger partial charge in [-0.3, -0.25) is 4.79 Å². The van der Waals surface area contributed by atoms with Gasteiger partial charge < -0.3 is 4.74 Å². The van der Waals surface area contributed by atoms with Gasteiger partial charge in [0.1, 0.15) is 5.60 Å². The van der Waals surface area contributed by atoms with Crippen LogP contribution in [0.4, 0.5) is 0 Å². The Morgan fingerprint density at radius 3 is 1.88 bits per heavy atom. The summed E-state index contributed by atoms with van der Waals surface area (Å²) in [7, 11) is 0. The molecule has 0 radical (unpaired) electrons. The first-order valence-electron chi connectivity index (χ1n) is 6.67. The molecule has 3 heteroatoms. The van der Waals surface area contributed by atoms with Crippen molar-refractivity contribution in [3.05, 3.63) is 0 Å². The summed E-state index contributed by atoms with van der Waals surface area (Å²) in [6.45, 7) is 5.36. The predicted octanol–water partition coefficient (Wildman–Crippen LogP) is 3.26. The molecule has 1 rings (SSSR count). The molecule has 0 unspecified atom stereocenters. The van der Waals surface area contributed by atoms with E-state index in [1.807, 2.05) is 0 Å². The van der Waals surface area contributed by atoms with Gasteiger partial charge in [-0.25, -0.2) is 4.79 Å². The summed E-state index contributed by atoms with van der Waals surface area (Å²) in [6.07, 6.45) is 7.41. The maximum atomic E-state index is 12.0. The van der Waals surface area contributed by atoms with Crippen LogP contribution in [0.25, 0.3) is 0 Å². The van der Waals surface area contributed by atoms with Gasteiger partial charge in [-0.05, 0) is 33.6 Å². The first kappa shape index (κ1) is 14.2. The maximum absolute atomic E-state index is 12.0. The molecular weight excluding hydrogens is 216 g/mol. The molecule has 0 aliphatic heterocycles. The van der Waals surface area contributed by atoms with Crippen LogP contribution in [0, 0.1) is 5.92 Å². The minimum absolute atomic E-state index is 0.106. The topological polar surface area (TPSA) is 43.4 Å². The van der Waals surface area contributed by atoms with Gasteiger partial charge in [0, 0.05) is 5.92 Å². The molecule has 0 spiro atoms. The monoisotopic (exact) mass is 240 g/mol. The zero-order valence-electron chi connectivity index (χ0n) is 11.3. The molecule has 0 aromatic carbocycles. The van der Waals surface area contributed by atoms with Gasteiger partial charge in [-0.1, -0.05) is 32.1 Å². The lowest BCUT2D eigenvalue weighted by molar-refractivity contribution is -0.164. The fourth-order valence-electron chi connectivity index (χ4n) is 2.21. The van der Waals surface area contributed by atoms with Crippen LogP contribution in [0.15, 0.2) is 0 Å². The van der Waals surface area contributed by atoms with E-state index in [2.05, 4.69) is 0 Å². The van der Waals surface area contributed by atoms with Crippen molar-refractivity contribution >= 4 is 11.8 Å². The number of hydrogen-bond donors (Lipinski definition) is 0. The van der Waals surface area contributed by atoms with Gasteiger partial charge in [0.2, 0.25) is 5.78 Å². The number of ketones is 1. The van der Waals surface area contributed by atoms with Crippen molar-refractivity contribution in [1.29, 1.82) is 0 Å². The van der Waals surface area contributed by atoms with Gasteiger partial charge in [-0.2, -0.15) is 0 Å². The van der Waals surface area contributed by atoms with Crippen molar-refractivity contribution < 1.29 is 14.3 Å². The molecule has 3 nitrogen and oxygen atoms in total. The first-order valence-corrected chi connectivity index (χ1v) is 6.67. The van der Waals surface area contributed by atoms with Crippen molar-refractivity contribution in [3.63, 3.8) is 0 Å². The van der Waals surface area contributed by atoms with Crippen LogP contribution in [-0.2, 0) is 14.3 Å². The Kier molecular flexibility index (Phi) is 5.16. The Hall–Kier alpha value is -0.860. The maximum Gasteiger partial charge on any atom is 0.375 e. The Labute approximate surface area is 104 Å². The normalized spacial score (nSPS) is 19.2. The van der Waals surface area contributed by atoms with E-state index < -0.39 is 11.6 Å². The molecule has 0 aromatic heterocycles. The van der Waals surface area contributed by atoms with Crippen LogP contribution >= 0.6 is 0 Å². The Morgan fingerprint density at radius 1 is 0.941 bits per heavy atom. The number of rotatable bonds is 2. The molecule has 0 saturated heterocycles. The number of carbonyl (C=O) groups is 2. The molecule has 0 aromatic rings. The zero-order chi connectivity index (χ0) is 12.9. The molecule has 98 valence electrons. The van der Waals surface area contributed by atoms with E-state index in [9.17, 15) is 9.59 Å². The Bertz CT molecular complexity index is 268. The number of Topliss-reactive ketones (excluding diaryl/α,β-unsaturated/α-hetero) is 1. The third-order valence-corrected chi connectivity index (χ3v) is 3.08. The number of hydrogen-bond acceptors (Lipinski definition) is 3. The van der Waals surface area contributed by atoms with Gasteiger partial charge in [0.15, 0.2) is 0 Å². The Balaban J connectivity index is 2.51. The lowest BCUT2D eigenvalue weighted by atomic mass is 9.88. The van der Waals surface area contributed by atoms with Gasteiger partial charge in [0.05, 0.1) is 0 Å². The van der Waals surface area contributed by atoms with E-state index in [0.717, 1.165) is 25.7 Å². The highest BCUT2D eigenvalue weighted by Crippen LogP contribution is 2.24. The number of ether oxygens (including phenoxy) is 1. The molecule has 0 bridgehead atoms. The van der Waals surface area contributed by atoms with E-state index >= 15 is 0 Å². The fourth-order valence-corrected chi connectivity index (χ4v) is 2.21. The average molecular weight is 240 g/mol. The van der Waals surface area contributed by atoms with Crippen LogP contribution in [0.2, 0.25) is 0 Å². The molecule has 0 amide bonds. The molecule has 0 N–H and O–H groups in total. The predicted molar refractivity (Wildman–Crippen MR) is 66.7 cm³/mol. The second kappa shape index (κ2) is 6.18. The van der Waals surface area contributed by atoms with E-state index in [-0.39, 0.29) is 11.7 Å². The molecule has 1 aliphatic rings. The van der Waals surface area contributed by atoms with Crippen LogP contribution < -0.4 is 0 Å². The summed E-state index contributed by atoms with van der Waals surface area (Å²) in [4.78, 5) is 23.7. The summed E-state index contributed by atoms with van der Waals surface area (Å²) < 4.78 is 5.14. The van der Waals surface area contributed by atoms with E-state index in [1.54, 1.807) is 20.8 Å². The quantitative estimate of drug-likeness (QED) is 0.549. The van der Waals surface area contributed by atoms with Crippen LogP contribution in [0.5, 0.6) is 0 Å². The minimum Gasteiger partial charge on any atom is -0.454 e. The van der Waals surface area contributed by atoms with Crippen molar-refractivity contribution in [2.75, 3.05) is 0 Å². The average Bonchev–Trinajstić information content (AvgIpc) is 2.13. The second-order valence-corrected chi connectivity index (χ2v) is 5.91. The van der Waals surface area contributed by atoms with Crippen molar-refractivity contribution in [2.45, 2.75) is 71.3 Å². The Morgan fingerprint density at radius 2 is 1.41 bits per heavy atom. The van der Waals surface area contributed by atoms with E-state index in [1.165, 1.54) is 19.3 Å². The molecule has 1 aliphatic carbocycles. The van der Waals surface area contributed by atoms with Crippen LogP contribution in [0.3, 0.4) is 0 Å². The summed E-state index contributed by atoms with van der Waals surface area (Å²) in [5.74, 6) is -1.07. The highest BCUT2D eigenvalue weighted by molar-refractivity contribution is 6.34.